The summed E-state index contributed by atoms with van der Waals surface area (Å²) in [6.07, 6.45) is 5.33. The lowest BCUT2D eigenvalue weighted by Crippen LogP contribution is -2.35. The number of aromatic nitrogens is 2. The Kier molecular flexibility index (Phi) is 5.53. The number of thioether (sulfide) groups is 1. The Morgan fingerprint density at radius 2 is 2.12 bits per heavy atom. The van der Waals surface area contributed by atoms with E-state index >= 15 is 0 Å². The molecule has 98 valence electrons. The molecule has 0 amide bonds. The van der Waals surface area contributed by atoms with Crippen molar-refractivity contribution < 1.29 is 0 Å². The standard InChI is InChI=1S/C13H25N3S/c1-11-12(9-14-13(2,3)4)10-15-16(11)7-6-8-17-5/h10,14H,6-9H2,1-5H3. The minimum absolute atomic E-state index is 0.160. The van der Waals surface area contributed by atoms with E-state index < -0.39 is 0 Å². The molecule has 0 aromatic carbocycles. The van der Waals surface area contributed by atoms with Crippen LogP contribution in [0.15, 0.2) is 6.20 Å². The predicted molar refractivity (Wildman–Crippen MR) is 76.6 cm³/mol. The van der Waals surface area contributed by atoms with E-state index in [1.807, 2.05) is 18.0 Å². The van der Waals surface area contributed by atoms with Crippen molar-refractivity contribution in [3.8, 4) is 0 Å². The minimum atomic E-state index is 0.160. The van der Waals surface area contributed by atoms with Crippen LogP contribution in [0.3, 0.4) is 0 Å². The highest BCUT2D eigenvalue weighted by molar-refractivity contribution is 7.98. The average Bonchev–Trinajstić information content (AvgIpc) is 2.57. The van der Waals surface area contributed by atoms with E-state index in [4.69, 9.17) is 0 Å². The number of nitrogens with one attached hydrogen (secondary N) is 1. The number of hydrogen-bond acceptors (Lipinski definition) is 3. The van der Waals surface area contributed by atoms with Gasteiger partial charge in [-0.05, 0) is 46.1 Å². The lowest BCUT2D eigenvalue weighted by molar-refractivity contribution is 0.423. The zero-order valence-electron chi connectivity index (χ0n) is 11.7. The highest BCUT2D eigenvalue weighted by atomic mass is 32.2. The summed E-state index contributed by atoms with van der Waals surface area (Å²) < 4.78 is 2.12. The van der Waals surface area contributed by atoms with Gasteiger partial charge in [-0.1, -0.05) is 0 Å². The first-order valence-corrected chi connectivity index (χ1v) is 7.58. The van der Waals surface area contributed by atoms with Crippen LogP contribution in [0, 0.1) is 6.92 Å². The predicted octanol–water partition coefficient (Wildman–Crippen LogP) is 2.83. The molecule has 0 saturated heterocycles. The first kappa shape index (κ1) is 14.6. The fourth-order valence-corrected chi connectivity index (χ4v) is 2.02. The fourth-order valence-electron chi connectivity index (χ4n) is 1.60. The molecule has 17 heavy (non-hydrogen) atoms. The maximum atomic E-state index is 4.46. The summed E-state index contributed by atoms with van der Waals surface area (Å²) in [5.74, 6) is 1.20. The SMILES string of the molecule is CSCCCn1ncc(CNC(C)(C)C)c1C. The lowest BCUT2D eigenvalue weighted by Gasteiger charge is -2.20. The topological polar surface area (TPSA) is 29.9 Å². The molecular weight excluding hydrogens is 230 g/mol. The van der Waals surface area contributed by atoms with Gasteiger partial charge in [0.1, 0.15) is 0 Å². The van der Waals surface area contributed by atoms with Gasteiger partial charge in [0.05, 0.1) is 6.20 Å². The van der Waals surface area contributed by atoms with Gasteiger partial charge in [-0.2, -0.15) is 16.9 Å². The maximum Gasteiger partial charge on any atom is 0.0537 e. The Balaban J connectivity index is 2.52. The summed E-state index contributed by atoms with van der Waals surface area (Å²) in [6.45, 7) is 10.6. The number of aryl methyl sites for hydroxylation is 1. The van der Waals surface area contributed by atoms with Crippen molar-refractivity contribution in [2.75, 3.05) is 12.0 Å². The van der Waals surface area contributed by atoms with Crippen molar-refractivity contribution in [2.45, 2.75) is 52.7 Å². The average molecular weight is 255 g/mol. The van der Waals surface area contributed by atoms with Crippen molar-refractivity contribution in [3.63, 3.8) is 0 Å². The van der Waals surface area contributed by atoms with E-state index in [1.54, 1.807) is 0 Å². The van der Waals surface area contributed by atoms with Gasteiger partial charge in [0.2, 0.25) is 0 Å². The third kappa shape index (κ3) is 5.13. The molecule has 0 aliphatic heterocycles. The van der Waals surface area contributed by atoms with Crippen molar-refractivity contribution in [1.82, 2.24) is 15.1 Å². The van der Waals surface area contributed by atoms with Crippen molar-refractivity contribution in [2.24, 2.45) is 0 Å². The van der Waals surface area contributed by atoms with Crippen molar-refractivity contribution >= 4 is 11.8 Å². The third-order valence-electron chi connectivity index (χ3n) is 2.73. The van der Waals surface area contributed by atoms with Crippen LogP contribution in [0.2, 0.25) is 0 Å². The van der Waals surface area contributed by atoms with Gasteiger partial charge in [0.15, 0.2) is 0 Å². The molecule has 0 radical (unpaired) electrons. The lowest BCUT2D eigenvalue weighted by atomic mass is 10.1. The molecule has 1 aromatic rings. The van der Waals surface area contributed by atoms with Crippen LogP contribution in [0.5, 0.6) is 0 Å². The number of rotatable bonds is 6. The van der Waals surface area contributed by atoms with Crippen LogP contribution in [0.4, 0.5) is 0 Å². The van der Waals surface area contributed by atoms with Crippen LogP contribution in [0.25, 0.3) is 0 Å². The number of nitrogens with zero attached hydrogens (tertiary/aromatic N) is 2. The Hall–Kier alpha value is -0.480. The van der Waals surface area contributed by atoms with E-state index in [1.165, 1.54) is 23.4 Å². The molecule has 1 N–H and O–H groups in total. The van der Waals surface area contributed by atoms with Crippen LogP contribution in [-0.4, -0.2) is 27.3 Å². The molecule has 1 rings (SSSR count). The summed E-state index contributed by atoms with van der Waals surface area (Å²) in [6, 6.07) is 0. The van der Waals surface area contributed by atoms with Crippen LogP contribution in [-0.2, 0) is 13.1 Å². The van der Waals surface area contributed by atoms with Gasteiger partial charge in [-0.3, -0.25) is 4.68 Å². The Bertz CT molecular complexity index is 339. The maximum absolute atomic E-state index is 4.46. The molecule has 0 aliphatic carbocycles. The highest BCUT2D eigenvalue weighted by Crippen LogP contribution is 2.10. The Morgan fingerprint density at radius 3 is 2.71 bits per heavy atom. The van der Waals surface area contributed by atoms with Gasteiger partial charge < -0.3 is 5.32 Å². The van der Waals surface area contributed by atoms with E-state index in [9.17, 15) is 0 Å². The molecule has 1 aromatic heterocycles. The van der Waals surface area contributed by atoms with Crippen molar-refractivity contribution in [3.05, 3.63) is 17.5 Å². The summed E-state index contributed by atoms with van der Waals surface area (Å²) in [5, 5.41) is 7.96. The Labute approximate surface area is 109 Å². The molecule has 0 bridgehead atoms. The van der Waals surface area contributed by atoms with E-state index in [0.29, 0.717) is 0 Å². The van der Waals surface area contributed by atoms with Crippen LogP contribution >= 0.6 is 11.8 Å². The second-order valence-corrected chi connectivity index (χ2v) is 6.41. The second kappa shape index (κ2) is 6.45. The molecular formula is C13H25N3S. The second-order valence-electron chi connectivity index (χ2n) is 5.43. The molecule has 0 atom stereocenters. The van der Waals surface area contributed by atoms with Gasteiger partial charge >= 0.3 is 0 Å². The monoisotopic (exact) mass is 255 g/mol. The van der Waals surface area contributed by atoms with Crippen LogP contribution < -0.4 is 5.32 Å². The fraction of sp³-hybridized carbons (Fsp3) is 0.769. The highest BCUT2D eigenvalue weighted by Gasteiger charge is 2.11. The zero-order valence-corrected chi connectivity index (χ0v) is 12.5. The molecule has 0 spiro atoms. The zero-order chi connectivity index (χ0) is 12.9. The molecule has 3 nitrogen and oxygen atoms in total. The first-order chi connectivity index (χ1) is 7.94. The third-order valence-corrected chi connectivity index (χ3v) is 3.43. The largest absolute Gasteiger partial charge is 0.308 e. The molecule has 4 heteroatoms. The first-order valence-electron chi connectivity index (χ1n) is 6.19. The summed E-state index contributed by atoms with van der Waals surface area (Å²) >= 11 is 1.89. The molecule has 0 fully saturated rings. The van der Waals surface area contributed by atoms with E-state index in [-0.39, 0.29) is 5.54 Å². The van der Waals surface area contributed by atoms with Crippen LogP contribution in [0.1, 0.15) is 38.4 Å². The summed E-state index contributed by atoms with van der Waals surface area (Å²) in [4.78, 5) is 0. The van der Waals surface area contributed by atoms with E-state index in [0.717, 1.165) is 13.1 Å². The van der Waals surface area contributed by atoms with Crippen molar-refractivity contribution in [1.29, 1.82) is 0 Å². The smallest absolute Gasteiger partial charge is 0.0537 e. The molecule has 0 saturated carbocycles. The van der Waals surface area contributed by atoms with Gasteiger partial charge in [-0.25, -0.2) is 0 Å². The number of hydrogen-bond donors (Lipinski definition) is 1. The minimum Gasteiger partial charge on any atom is -0.308 e. The molecule has 0 unspecified atom stereocenters. The normalized spacial score (nSPS) is 12.1. The molecule has 1 heterocycles. The Morgan fingerprint density at radius 1 is 1.41 bits per heavy atom. The quantitative estimate of drug-likeness (QED) is 0.793. The van der Waals surface area contributed by atoms with Gasteiger partial charge in [0.25, 0.3) is 0 Å². The molecule has 0 aliphatic rings. The van der Waals surface area contributed by atoms with E-state index in [2.05, 4.69) is 49.0 Å². The van der Waals surface area contributed by atoms with Gasteiger partial charge in [-0.15, -0.1) is 0 Å². The van der Waals surface area contributed by atoms with Gasteiger partial charge in [0, 0.05) is 29.9 Å². The summed E-state index contributed by atoms with van der Waals surface area (Å²) in [7, 11) is 0. The summed E-state index contributed by atoms with van der Waals surface area (Å²) in [5.41, 5.74) is 2.76.